The van der Waals surface area contributed by atoms with E-state index in [-0.39, 0.29) is 40.6 Å². The second-order valence-corrected chi connectivity index (χ2v) is 20.4. The van der Waals surface area contributed by atoms with Gasteiger partial charge < -0.3 is 28.5 Å². The molecule has 1 aliphatic heterocycles. The van der Waals surface area contributed by atoms with E-state index in [9.17, 15) is 14.7 Å². The molecule has 0 spiro atoms. The average molecular weight is 770 g/mol. The first-order valence-corrected chi connectivity index (χ1v) is 21.3. The first-order valence-electron chi connectivity index (χ1n) is 18.4. The van der Waals surface area contributed by atoms with Gasteiger partial charge in [0.1, 0.15) is 35.4 Å². The highest BCUT2D eigenvalue weighted by Gasteiger charge is 2.52. The lowest BCUT2D eigenvalue weighted by atomic mass is 9.80. The van der Waals surface area contributed by atoms with Gasteiger partial charge in [0.25, 0.3) is 5.56 Å². The molecular weight excluding hydrogens is 719 g/mol. The van der Waals surface area contributed by atoms with Crippen molar-refractivity contribution in [2.24, 2.45) is 5.92 Å². The van der Waals surface area contributed by atoms with Crippen molar-refractivity contribution >= 4 is 31.3 Å². The molecule has 13 nitrogen and oxygen atoms in total. The van der Waals surface area contributed by atoms with Gasteiger partial charge in [0, 0.05) is 5.92 Å². The second-order valence-electron chi connectivity index (χ2n) is 15.6. The fourth-order valence-corrected chi connectivity index (χ4v) is 7.79. The molecule has 55 heavy (non-hydrogen) atoms. The van der Waals surface area contributed by atoms with Crippen molar-refractivity contribution in [3.05, 3.63) is 112 Å². The normalized spacial score (nSPS) is 19.2. The van der Waals surface area contributed by atoms with Gasteiger partial charge in [0.2, 0.25) is 11.9 Å². The molecule has 1 fully saturated rings. The van der Waals surface area contributed by atoms with Gasteiger partial charge in [-0.15, -0.1) is 0 Å². The van der Waals surface area contributed by atoms with E-state index in [1.807, 2.05) is 78.9 Å². The molecule has 2 aromatic heterocycles. The maximum absolute atomic E-state index is 13.1. The summed E-state index contributed by atoms with van der Waals surface area (Å²) in [5.41, 5.74) is 0.992. The van der Waals surface area contributed by atoms with E-state index in [0.717, 1.165) is 16.7 Å². The smallest absolute Gasteiger partial charge is 0.280 e. The molecule has 0 saturated carbocycles. The second kappa shape index (κ2) is 15.7. The van der Waals surface area contributed by atoms with Gasteiger partial charge in [-0.2, -0.15) is 4.98 Å². The monoisotopic (exact) mass is 769 g/mol. The minimum atomic E-state index is -2.52. The maximum atomic E-state index is 13.1. The molecule has 292 valence electrons. The van der Waals surface area contributed by atoms with Crippen LogP contribution in [0.15, 0.2) is 90.0 Å². The van der Waals surface area contributed by atoms with Gasteiger partial charge in [-0.1, -0.05) is 89.2 Å². The van der Waals surface area contributed by atoms with Crippen molar-refractivity contribution in [2.75, 3.05) is 26.1 Å². The van der Waals surface area contributed by atoms with Crippen LogP contribution in [0.3, 0.4) is 0 Å². The third kappa shape index (κ3) is 7.82. The number of nitrogens with one attached hydrogen (secondary N) is 2. The Hall–Kier alpha value is -4.86. The highest BCUT2D eigenvalue weighted by Crippen LogP contribution is 2.45. The van der Waals surface area contributed by atoms with Crippen LogP contribution in [-0.2, 0) is 24.3 Å². The van der Waals surface area contributed by atoms with Crippen LogP contribution in [0.1, 0.15) is 57.5 Å². The predicted octanol–water partition coefficient (Wildman–Crippen LogP) is 6.39. The summed E-state index contributed by atoms with van der Waals surface area (Å²) >= 11 is 0. The topological polar surface area (TPSA) is 159 Å². The zero-order valence-electron chi connectivity index (χ0n) is 32.8. The number of aromatic nitrogens is 4. The number of amides is 1. The molecule has 5 aromatic rings. The summed E-state index contributed by atoms with van der Waals surface area (Å²) in [6.45, 7) is 14.1. The number of rotatable bonds is 13. The van der Waals surface area contributed by atoms with Crippen molar-refractivity contribution in [1.29, 1.82) is 0 Å². The number of aromatic amines is 1. The van der Waals surface area contributed by atoms with Crippen molar-refractivity contribution in [3.8, 4) is 11.5 Å². The highest BCUT2D eigenvalue weighted by atomic mass is 28.4. The van der Waals surface area contributed by atoms with Crippen LogP contribution < -0.4 is 20.3 Å². The highest BCUT2D eigenvalue weighted by molar-refractivity contribution is 6.74. The number of methoxy groups -OCH3 is 2. The number of carbonyl (C=O) groups is 1. The number of nitrogens with zero attached hydrogens (tertiary/aromatic N) is 3. The van der Waals surface area contributed by atoms with E-state index in [1.54, 1.807) is 28.1 Å². The first-order chi connectivity index (χ1) is 26.1. The maximum Gasteiger partial charge on any atom is 0.280 e. The number of fused-ring (bicyclic) bond motifs is 1. The van der Waals surface area contributed by atoms with E-state index in [4.69, 9.17) is 23.4 Å². The molecule has 0 radical (unpaired) electrons. The van der Waals surface area contributed by atoms with Gasteiger partial charge in [0.15, 0.2) is 25.7 Å². The third-order valence-electron chi connectivity index (χ3n) is 10.7. The molecule has 3 unspecified atom stereocenters. The molecule has 3 heterocycles. The van der Waals surface area contributed by atoms with Crippen LogP contribution in [-0.4, -0.2) is 78.0 Å². The molecule has 1 saturated heterocycles. The summed E-state index contributed by atoms with van der Waals surface area (Å²) in [4.78, 5) is 37.1. The Bertz CT molecular complexity index is 2100. The van der Waals surface area contributed by atoms with Crippen LogP contribution in [0, 0.1) is 5.92 Å². The molecule has 0 aliphatic carbocycles. The molecule has 3 aromatic carbocycles. The minimum Gasteiger partial charge on any atom is -0.497 e. The lowest BCUT2D eigenvalue weighted by Crippen LogP contribution is -2.50. The van der Waals surface area contributed by atoms with Gasteiger partial charge in [-0.05, 0) is 59.1 Å². The van der Waals surface area contributed by atoms with Crippen LogP contribution in [0.5, 0.6) is 11.5 Å². The summed E-state index contributed by atoms with van der Waals surface area (Å²) in [5.74, 6) is 0.687. The number of aliphatic hydroxyl groups excluding tert-OH is 1. The lowest BCUT2D eigenvalue weighted by molar-refractivity contribution is -0.118. The quantitative estimate of drug-likeness (QED) is 0.0906. The number of anilines is 1. The number of carbonyl (C=O) groups excluding carboxylic acids is 1. The number of benzene rings is 3. The van der Waals surface area contributed by atoms with Crippen molar-refractivity contribution in [2.45, 2.75) is 82.9 Å². The predicted molar refractivity (Wildman–Crippen MR) is 212 cm³/mol. The largest absolute Gasteiger partial charge is 0.497 e. The fraction of sp³-hybridized carbons (Fsp3) is 0.415. The van der Waals surface area contributed by atoms with Crippen LogP contribution in [0.25, 0.3) is 11.2 Å². The Kier molecular flexibility index (Phi) is 11.4. The van der Waals surface area contributed by atoms with Gasteiger partial charge in [-0.25, -0.2) is 4.98 Å². The van der Waals surface area contributed by atoms with Crippen LogP contribution in [0.4, 0.5) is 5.95 Å². The molecule has 6 rings (SSSR count). The standard InChI is InChI=1S/C41H51N5O8Si/c1-25(2)36(48)44-39-43-35-32(37(49)45-39)42-24-46(35)38-33(47)34(54-55(8,9)40(3,4)5)31(53-38)23-52-41(26-13-11-10-12-14-26,27-15-19-29(50-6)20-16-27)28-17-21-30(51-7)22-18-28/h10-22,24-25,31,33-34,38,47H,23H2,1-9H3,(H2,43,44,45,48,49)/t31?,33-,34?,38?/m0/s1. The van der Waals surface area contributed by atoms with E-state index >= 15 is 0 Å². The first kappa shape index (κ1) is 39.8. The van der Waals surface area contributed by atoms with Gasteiger partial charge in [-0.3, -0.25) is 24.5 Å². The number of imidazole rings is 1. The Morgan fingerprint density at radius 3 is 2.04 bits per heavy atom. The molecule has 4 atom stereocenters. The lowest BCUT2D eigenvalue weighted by Gasteiger charge is -2.41. The summed E-state index contributed by atoms with van der Waals surface area (Å²) in [6.07, 6.45) is -2.52. The summed E-state index contributed by atoms with van der Waals surface area (Å²) in [5, 5.41) is 14.6. The third-order valence-corrected chi connectivity index (χ3v) is 15.1. The van der Waals surface area contributed by atoms with E-state index < -0.39 is 44.0 Å². The van der Waals surface area contributed by atoms with Crippen molar-refractivity contribution in [1.82, 2.24) is 19.5 Å². The Labute approximate surface area is 322 Å². The zero-order chi connectivity index (χ0) is 39.7. The summed E-state index contributed by atoms with van der Waals surface area (Å²) in [6, 6.07) is 25.4. The Balaban J connectivity index is 1.45. The fourth-order valence-electron chi connectivity index (χ4n) is 6.46. The molecule has 1 aliphatic rings. The summed E-state index contributed by atoms with van der Waals surface area (Å²) in [7, 11) is 0.725. The number of ether oxygens (including phenoxy) is 4. The van der Waals surface area contributed by atoms with E-state index in [1.165, 1.54) is 10.9 Å². The van der Waals surface area contributed by atoms with E-state index in [2.05, 4.69) is 54.1 Å². The zero-order valence-corrected chi connectivity index (χ0v) is 33.8. The number of hydrogen-bond acceptors (Lipinski definition) is 10. The molecule has 1 amide bonds. The Morgan fingerprint density at radius 2 is 1.51 bits per heavy atom. The van der Waals surface area contributed by atoms with E-state index in [0.29, 0.717) is 11.5 Å². The van der Waals surface area contributed by atoms with Crippen LogP contribution >= 0.6 is 0 Å². The van der Waals surface area contributed by atoms with Gasteiger partial charge >= 0.3 is 0 Å². The van der Waals surface area contributed by atoms with Crippen molar-refractivity contribution in [3.63, 3.8) is 0 Å². The van der Waals surface area contributed by atoms with Crippen molar-refractivity contribution < 1.29 is 33.3 Å². The number of H-pyrrole nitrogens is 1. The molecule has 14 heteroatoms. The van der Waals surface area contributed by atoms with Gasteiger partial charge in [0.05, 0.1) is 27.2 Å². The number of aliphatic hydroxyl groups is 1. The van der Waals surface area contributed by atoms with Crippen LogP contribution in [0.2, 0.25) is 18.1 Å². The Morgan fingerprint density at radius 1 is 0.945 bits per heavy atom. The molecule has 3 N–H and O–H groups in total. The SMILES string of the molecule is COc1ccc(C(OCC2OC(n3cnc4c(=O)[nH]c(NC(=O)C(C)C)nc43)[C@@H](O)C2O[Si](C)(C)C(C)(C)C)(c2ccccc2)c2ccc(OC)cc2)cc1. The average Bonchev–Trinajstić information content (AvgIpc) is 3.72. The summed E-state index contributed by atoms with van der Waals surface area (Å²) < 4.78 is 33.5. The molecule has 0 bridgehead atoms. The minimum absolute atomic E-state index is 0.0177. The number of hydrogen-bond donors (Lipinski definition) is 3. The molecular formula is C41H51N5O8Si.